The zero-order chi connectivity index (χ0) is 12.7. The first-order valence-corrected chi connectivity index (χ1v) is 6.42. The highest BCUT2D eigenvalue weighted by molar-refractivity contribution is 5.86. The molecule has 3 rings (SSSR count). The van der Waals surface area contributed by atoms with Crippen LogP contribution in [-0.4, -0.2) is 17.6 Å². The van der Waals surface area contributed by atoms with E-state index in [2.05, 4.69) is 44.3 Å². The fraction of sp³-hybridized carbons (Fsp3) is 0.400. The van der Waals surface area contributed by atoms with Crippen LogP contribution >= 0.6 is 0 Å². The summed E-state index contributed by atoms with van der Waals surface area (Å²) in [5.41, 5.74) is 4.68. The van der Waals surface area contributed by atoms with Crippen LogP contribution < -0.4 is 10.1 Å². The summed E-state index contributed by atoms with van der Waals surface area (Å²) in [7, 11) is 0. The van der Waals surface area contributed by atoms with Gasteiger partial charge in [0.1, 0.15) is 6.10 Å². The Balaban J connectivity index is 2.25. The first kappa shape index (κ1) is 11.5. The lowest BCUT2D eigenvalue weighted by atomic mass is 10.0. The monoisotopic (exact) mass is 242 g/mol. The minimum absolute atomic E-state index is 0.168. The van der Waals surface area contributed by atoms with E-state index in [1.165, 1.54) is 16.5 Å². The van der Waals surface area contributed by atoms with Crippen molar-refractivity contribution in [3.8, 4) is 5.88 Å². The van der Waals surface area contributed by atoms with Crippen LogP contribution in [0.3, 0.4) is 0 Å². The van der Waals surface area contributed by atoms with Crippen molar-refractivity contribution in [2.45, 2.75) is 33.4 Å². The molecule has 3 heteroatoms. The van der Waals surface area contributed by atoms with Gasteiger partial charge in [-0.3, -0.25) is 0 Å². The van der Waals surface area contributed by atoms with E-state index < -0.39 is 0 Å². The molecule has 0 amide bonds. The Bertz CT molecular complexity index is 607. The molecule has 1 N–H and O–H groups in total. The summed E-state index contributed by atoms with van der Waals surface area (Å²) in [5.74, 6) is 0.786. The molecule has 2 heterocycles. The summed E-state index contributed by atoms with van der Waals surface area (Å²) in [5, 5.41) is 4.62. The third-order valence-electron chi connectivity index (χ3n) is 3.50. The van der Waals surface area contributed by atoms with Crippen molar-refractivity contribution in [1.29, 1.82) is 0 Å². The zero-order valence-corrected chi connectivity index (χ0v) is 11.1. The Labute approximate surface area is 107 Å². The highest BCUT2D eigenvalue weighted by Gasteiger charge is 2.16. The second-order valence-corrected chi connectivity index (χ2v) is 5.11. The van der Waals surface area contributed by atoms with Gasteiger partial charge in [-0.05, 0) is 38.0 Å². The summed E-state index contributed by atoms with van der Waals surface area (Å²) in [6, 6.07) is 6.49. The standard InChI is InChI=1S/C15H18N2O/c1-9-4-5-10(2)14-13(9)6-12-8-16-7-11(3)18-15(12)17-14/h4-6,11,16H,7-8H2,1-3H3. The third kappa shape index (κ3) is 1.85. The lowest BCUT2D eigenvalue weighted by molar-refractivity contribution is 0.218. The number of rotatable bonds is 0. The molecule has 18 heavy (non-hydrogen) atoms. The molecule has 1 atom stereocenters. The van der Waals surface area contributed by atoms with Gasteiger partial charge in [-0.15, -0.1) is 0 Å². The van der Waals surface area contributed by atoms with Crippen molar-refractivity contribution in [2.24, 2.45) is 0 Å². The number of hydrogen-bond donors (Lipinski definition) is 1. The van der Waals surface area contributed by atoms with E-state index in [1.54, 1.807) is 0 Å². The van der Waals surface area contributed by atoms with Crippen LogP contribution in [-0.2, 0) is 6.54 Å². The van der Waals surface area contributed by atoms with Crippen molar-refractivity contribution in [2.75, 3.05) is 6.54 Å². The topological polar surface area (TPSA) is 34.2 Å². The Morgan fingerprint density at radius 3 is 2.89 bits per heavy atom. The van der Waals surface area contributed by atoms with Gasteiger partial charge in [-0.2, -0.15) is 0 Å². The van der Waals surface area contributed by atoms with E-state index in [-0.39, 0.29) is 6.10 Å². The van der Waals surface area contributed by atoms with Crippen molar-refractivity contribution in [3.05, 3.63) is 34.9 Å². The maximum absolute atomic E-state index is 5.89. The number of benzene rings is 1. The van der Waals surface area contributed by atoms with Gasteiger partial charge in [0.15, 0.2) is 0 Å². The molecule has 2 aromatic rings. The normalized spacial score (nSPS) is 19.2. The molecule has 1 aliphatic rings. The molecule has 0 saturated heterocycles. The van der Waals surface area contributed by atoms with Gasteiger partial charge in [-0.1, -0.05) is 12.1 Å². The molecule has 1 unspecified atom stereocenters. The van der Waals surface area contributed by atoms with Crippen LogP contribution in [0.15, 0.2) is 18.2 Å². The molecule has 1 aromatic carbocycles. The second kappa shape index (κ2) is 4.25. The Morgan fingerprint density at radius 2 is 2.06 bits per heavy atom. The number of nitrogens with one attached hydrogen (secondary N) is 1. The van der Waals surface area contributed by atoms with E-state index >= 15 is 0 Å². The highest BCUT2D eigenvalue weighted by Crippen LogP contribution is 2.28. The Kier molecular flexibility index (Phi) is 2.71. The van der Waals surface area contributed by atoms with Gasteiger partial charge >= 0.3 is 0 Å². The summed E-state index contributed by atoms with van der Waals surface area (Å²) in [6.07, 6.45) is 0.168. The molecular formula is C15H18N2O. The minimum atomic E-state index is 0.168. The molecule has 0 fully saturated rings. The fourth-order valence-electron chi connectivity index (χ4n) is 2.43. The van der Waals surface area contributed by atoms with Crippen LogP contribution in [0.25, 0.3) is 10.9 Å². The average molecular weight is 242 g/mol. The number of pyridine rings is 1. The highest BCUT2D eigenvalue weighted by atomic mass is 16.5. The summed E-state index contributed by atoms with van der Waals surface area (Å²) < 4.78 is 5.89. The Hall–Kier alpha value is -1.61. The number of aryl methyl sites for hydroxylation is 2. The number of ether oxygens (including phenoxy) is 1. The first-order valence-electron chi connectivity index (χ1n) is 6.42. The maximum atomic E-state index is 5.89. The third-order valence-corrected chi connectivity index (χ3v) is 3.50. The van der Waals surface area contributed by atoms with Crippen molar-refractivity contribution in [1.82, 2.24) is 10.3 Å². The largest absolute Gasteiger partial charge is 0.473 e. The van der Waals surface area contributed by atoms with Crippen LogP contribution in [0, 0.1) is 13.8 Å². The van der Waals surface area contributed by atoms with Crippen LogP contribution in [0.4, 0.5) is 0 Å². The average Bonchev–Trinajstić information content (AvgIpc) is 2.52. The van der Waals surface area contributed by atoms with Gasteiger partial charge in [0.05, 0.1) is 5.52 Å². The van der Waals surface area contributed by atoms with Crippen molar-refractivity contribution < 1.29 is 4.74 Å². The molecule has 94 valence electrons. The van der Waals surface area contributed by atoms with Gasteiger partial charge in [0, 0.05) is 24.0 Å². The minimum Gasteiger partial charge on any atom is -0.473 e. The maximum Gasteiger partial charge on any atom is 0.218 e. The molecule has 1 aliphatic heterocycles. The number of aromatic nitrogens is 1. The first-order chi connectivity index (χ1) is 8.65. The zero-order valence-electron chi connectivity index (χ0n) is 11.1. The molecule has 0 spiro atoms. The van der Waals surface area contributed by atoms with E-state index in [0.29, 0.717) is 0 Å². The van der Waals surface area contributed by atoms with Gasteiger partial charge < -0.3 is 10.1 Å². The summed E-state index contributed by atoms with van der Waals surface area (Å²) in [4.78, 5) is 4.72. The lowest BCUT2D eigenvalue weighted by Crippen LogP contribution is -2.25. The predicted octanol–water partition coefficient (Wildman–Crippen LogP) is 2.72. The van der Waals surface area contributed by atoms with Gasteiger partial charge in [0.2, 0.25) is 5.88 Å². The van der Waals surface area contributed by atoms with E-state index in [9.17, 15) is 0 Å². The van der Waals surface area contributed by atoms with E-state index in [0.717, 1.165) is 30.0 Å². The fourth-order valence-corrected chi connectivity index (χ4v) is 2.43. The van der Waals surface area contributed by atoms with Crippen LogP contribution in [0.5, 0.6) is 5.88 Å². The predicted molar refractivity (Wildman–Crippen MR) is 73.0 cm³/mol. The van der Waals surface area contributed by atoms with Gasteiger partial charge in [0.25, 0.3) is 0 Å². The van der Waals surface area contributed by atoms with Crippen molar-refractivity contribution >= 4 is 10.9 Å². The Morgan fingerprint density at radius 1 is 1.28 bits per heavy atom. The number of fused-ring (bicyclic) bond motifs is 2. The molecule has 0 saturated carbocycles. The lowest BCUT2D eigenvalue weighted by Gasteiger charge is -2.13. The van der Waals surface area contributed by atoms with Crippen molar-refractivity contribution in [3.63, 3.8) is 0 Å². The van der Waals surface area contributed by atoms with E-state index in [4.69, 9.17) is 9.72 Å². The van der Waals surface area contributed by atoms with Crippen LogP contribution in [0.2, 0.25) is 0 Å². The summed E-state index contributed by atoms with van der Waals surface area (Å²) >= 11 is 0. The quantitative estimate of drug-likeness (QED) is 0.771. The SMILES string of the molecule is Cc1ccc(C)c2nc3c(cc12)CNCC(C)O3. The van der Waals surface area contributed by atoms with E-state index in [1.807, 2.05) is 0 Å². The number of nitrogens with zero attached hydrogens (tertiary/aromatic N) is 1. The second-order valence-electron chi connectivity index (χ2n) is 5.11. The molecule has 0 bridgehead atoms. The molecule has 0 aliphatic carbocycles. The molecule has 1 aromatic heterocycles. The molecule has 0 radical (unpaired) electrons. The van der Waals surface area contributed by atoms with Gasteiger partial charge in [-0.25, -0.2) is 4.98 Å². The summed E-state index contributed by atoms with van der Waals surface area (Å²) in [6.45, 7) is 7.99. The van der Waals surface area contributed by atoms with Crippen LogP contribution in [0.1, 0.15) is 23.6 Å². The smallest absolute Gasteiger partial charge is 0.218 e. The number of hydrogen-bond acceptors (Lipinski definition) is 3. The molecular weight excluding hydrogens is 224 g/mol. The molecule has 3 nitrogen and oxygen atoms in total.